The van der Waals surface area contributed by atoms with E-state index >= 15 is 0 Å². The summed E-state index contributed by atoms with van der Waals surface area (Å²) in [4.78, 5) is 0. The first-order valence-corrected chi connectivity index (χ1v) is 8.92. The molecule has 0 unspecified atom stereocenters. The highest BCUT2D eigenvalue weighted by molar-refractivity contribution is 5.48. The molecular formula is C22H22N2O2. The third kappa shape index (κ3) is 4.04. The number of hydrogen-bond donors (Lipinski definition) is 2. The van der Waals surface area contributed by atoms with Gasteiger partial charge in [0.05, 0.1) is 0 Å². The van der Waals surface area contributed by atoms with Gasteiger partial charge in [0, 0.05) is 25.7 Å². The lowest BCUT2D eigenvalue weighted by Crippen LogP contribution is -2.42. The van der Waals surface area contributed by atoms with Gasteiger partial charge in [-0.2, -0.15) is 0 Å². The SMILES string of the molecule is c1ccc(Oc2ccc([C@@H]3CNCCN3)cc2Oc2ccccc2)cc1. The lowest BCUT2D eigenvalue weighted by Gasteiger charge is -2.25. The van der Waals surface area contributed by atoms with Gasteiger partial charge in [0.25, 0.3) is 0 Å². The van der Waals surface area contributed by atoms with Gasteiger partial charge in [-0.25, -0.2) is 0 Å². The Labute approximate surface area is 153 Å². The van der Waals surface area contributed by atoms with E-state index in [9.17, 15) is 0 Å². The van der Waals surface area contributed by atoms with Gasteiger partial charge in [-0.1, -0.05) is 42.5 Å². The lowest BCUT2D eigenvalue weighted by molar-refractivity contribution is 0.409. The van der Waals surface area contributed by atoms with Crippen molar-refractivity contribution in [2.75, 3.05) is 19.6 Å². The molecule has 0 bridgehead atoms. The van der Waals surface area contributed by atoms with E-state index < -0.39 is 0 Å². The molecule has 3 aromatic rings. The Kier molecular flexibility index (Phi) is 5.14. The van der Waals surface area contributed by atoms with Crippen molar-refractivity contribution in [3.8, 4) is 23.0 Å². The van der Waals surface area contributed by atoms with Gasteiger partial charge in [-0.3, -0.25) is 0 Å². The summed E-state index contributed by atoms with van der Waals surface area (Å²) >= 11 is 0. The maximum Gasteiger partial charge on any atom is 0.170 e. The van der Waals surface area contributed by atoms with E-state index in [-0.39, 0.29) is 6.04 Å². The zero-order valence-electron chi connectivity index (χ0n) is 14.5. The molecule has 0 spiro atoms. The van der Waals surface area contributed by atoms with Crippen molar-refractivity contribution in [2.24, 2.45) is 0 Å². The fourth-order valence-electron chi connectivity index (χ4n) is 3.03. The minimum Gasteiger partial charge on any atom is -0.453 e. The fraction of sp³-hybridized carbons (Fsp3) is 0.182. The van der Waals surface area contributed by atoms with Gasteiger partial charge < -0.3 is 20.1 Å². The second-order valence-electron chi connectivity index (χ2n) is 6.25. The monoisotopic (exact) mass is 346 g/mol. The highest BCUT2D eigenvalue weighted by atomic mass is 16.5. The van der Waals surface area contributed by atoms with Crippen LogP contribution in [0.3, 0.4) is 0 Å². The van der Waals surface area contributed by atoms with Crippen LogP contribution in [-0.4, -0.2) is 19.6 Å². The van der Waals surface area contributed by atoms with Crippen LogP contribution in [0.25, 0.3) is 0 Å². The van der Waals surface area contributed by atoms with E-state index in [4.69, 9.17) is 9.47 Å². The van der Waals surface area contributed by atoms with Crippen LogP contribution in [0, 0.1) is 0 Å². The molecule has 1 heterocycles. The summed E-state index contributed by atoms with van der Waals surface area (Å²) in [5.41, 5.74) is 1.18. The molecular weight excluding hydrogens is 324 g/mol. The van der Waals surface area contributed by atoms with Crippen molar-refractivity contribution in [2.45, 2.75) is 6.04 Å². The van der Waals surface area contributed by atoms with Crippen molar-refractivity contribution >= 4 is 0 Å². The number of ether oxygens (including phenoxy) is 2. The summed E-state index contributed by atoms with van der Waals surface area (Å²) < 4.78 is 12.2. The van der Waals surface area contributed by atoms with Crippen molar-refractivity contribution in [1.82, 2.24) is 10.6 Å². The van der Waals surface area contributed by atoms with Crippen LogP contribution in [0.2, 0.25) is 0 Å². The summed E-state index contributed by atoms with van der Waals surface area (Å²) in [5, 5.41) is 6.96. The topological polar surface area (TPSA) is 42.5 Å². The van der Waals surface area contributed by atoms with E-state index in [0.29, 0.717) is 11.5 Å². The number of rotatable bonds is 5. The smallest absolute Gasteiger partial charge is 0.170 e. The minimum atomic E-state index is 0.271. The standard InChI is InChI=1S/C22H22N2O2/c1-3-7-18(8-4-1)25-21-12-11-17(20-16-23-13-14-24-20)15-22(21)26-19-9-5-2-6-10-19/h1-12,15,20,23-24H,13-14,16H2/t20-/m0/s1. The second-order valence-corrected chi connectivity index (χ2v) is 6.25. The van der Waals surface area contributed by atoms with E-state index in [0.717, 1.165) is 31.1 Å². The number of piperazine rings is 1. The molecule has 0 aliphatic carbocycles. The molecule has 1 fully saturated rings. The first-order chi connectivity index (χ1) is 12.9. The Hall–Kier alpha value is -2.82. The first-order valence-electron chi connectivity index (χ1n) is 8.92. The highest BCUT2D eigenvalue weighted by Gasteiger charge is 2.17. The largest absolute Gasteiger partial charge is 0.453 e. The molecule has 0 amide bonds. The molecule has 2 N–H and O–H groups in total. The number of para-hydroxylation sites is 2. The summed E-state index contributed by atoms with van der Waals surface area (Å²) in [7, 11) is 0. The minimum absolute atomic E-state index is 0.271. The summed E-state index contributed by atoms with van der Waals surface area (Å²) in [6.07, 6.45) is 0. The van der Waals surface area contributed by atoms with Crippen LogP contribution < -0.4 is 20.1 Å². The Morgan fingerprint density at radius 2 is 1.35 bits per heavy atom. The van der Waals surface area contributed by atoms with Crippen LogP contribution in [0.15, 0.2) is 78.9 Å². The van der Waals surface area contributed by atoms with Crippen molar-refractivity contribution in [3.05, 3.63) is 84.4 Å². The maximum atomic E-state index is 6.14. The van der Waals surface area contributed by atoms with Gasteiger partial charge in [-0.15, -0.1) is 0 Å². The normalized spacial score (nSPS) is 16.8. The highest BCUT2D eigenvalue weighted by Crippen LogP contribution is 2.36. The van der Waals surface area contributed by atoms with E-state index in [1.54, 1.807) is 0 Å². The van der Waals surface area contributed by atoms with E-state index in [2.05, 4.69) is 22.8 Å². The summed E-state index contributed by atoms with van der Waals surface area (Å²) in [5.74, 6) is 2.99. The molecule has 4 rings (SSSR count). The zero-order chi connectivity index (χ0) is 17.6. The average Bonchev–Trinajstić information content (AvgIpc) is 2.71. The maximum absolute atomic E-state index is 6.14. The second kappa shape index (κ2) is 8.04. The van der Waals surface area contributed by atoms with Crippen molar-refractivity contribution in [3.63, 3.8) is 0 Å². The van der Waals surface area contributed by atoms with Crippen LogP contribution in [0.4, 0.5) is 0 Å². The molecule has 0 aromatic heterocycles. The molecule has 1 aliphatic rings. The summed E-state index contributed by atoms with van der Waals surface area (Å²) in [6.45, 7) is 2.87. The predicted molar refractivity (Wildman–Crippen MR) is 103 cm³/mol. The predicted octanol–water partition coefficient (Wildman–Crippen LogP) is 4.51. The molecule has 4 heteroatoms. The van der Waals surface area contributed by atoms with Crippen molar-refractivity contribution < 1.29 is 9.47 Å². The fourth-order valence-corrected chi connectivity index (χ4v) is 3.03. The van der Waals surface area contributed by atoms with Gasteiger partial charge >= 0.3 is 0 Å². The van der Waals surface area contributed by atoms with Gasteiger partial charge in [0.15, 0.2) is 11.5 Å². The van der Waals surface area contributed by atoms with Crippen LogP contribution in [0.1, 0.15) is 11.6 Å². The molecule has 0 radical (unpaired) electrons. The third-order valence-electron chi connectivity index (χ3n) is 4.35. The molecule has 26 heavy (non-hydrogen) atoms. The molecule has 3 aromatic carbocycles. The zero-order valence-corrected chi connectivity index (χ0v) is 14.5. The van der Waals surface area contributed by atoms with Crippen LogP contribution >= 0.6 is 0 Å². The Morgan fingerprint density at radius 1 is 0.692 bits per heavy atom. The molecule has 1 aliphatic heterocycles. The summed E-state index contributed by atoms with van der Waals surface area (Å²) in [6, 6.07) is 26.0. The average molecular weight is 346 g/mol. The van der Waals surface area contributed by atoms with Gasteiger partial charge in [0.2, 0.25) is 0 Å². The van der Waals surface area contributed by atoms with Crippen LogP contribution in [-0.2, 0) is 0 Å². The number of hydrogen-bond acceptors (Lipinski definition) is 4. The molecule has 1 atom stereocenters. The van der Waals surface area contributed by atoms with Gasteiger partial charge in [-0.05, 0) is 42.0 Å². The Morgan fingerprint density at radius 3 is 1.96 bits per heavy atom. The molecule has 132 valence electrons. The van der Waals surface area contributed by atoms with E-state index in [1.165, 1.54) is 5.56 Å². The molecule has 0 saturated carbocycles. The van der Waals surface area contributed by atoms with Crippen molar-refractivity contribution in [1.29, 1.82) is 0 Å². The Balaban J connectivity index is 1.65. The molecule has 1 saturated heterocycles. The molecule has 4 nitrogen and oxygen atoms in total. The Bertz CT molecular complexity index is 831. The van der Waals surface area contributed by atoms with Crippen LogP contribution in [0.5, 0.6) is 23.0 Å². The number of nitrogens with one attached hydrogen (secondary N) is 2. The lowest BCUT2D eigenvalue weighted by atomic mass is 10.0. The third-order valence-corrected chi connectivity index (χ3v) is 4.35. The van der Waals surface area contributed by atoms with Gasteiger partial charge in [0.1, 0.15) is 11.5 Å². The first kappa shape index (κ1) is 16.6. The van der Waals surface area contributed by atoms with E-state index in [1.807, 2.05) is 66.7 Å². The number of benzene rings is 3. The quantitative estimate of drug-likeness (QED) is 0.713.